The van der Waals surface area contributed by atoms with Crippen LogP contribution >= 0.6 is 0 Å². The van der Waals surface area contributed by atoms with Gasteiger partial charge in [-0.15, -0.1) is 0 Å². The zero-order chi connectivity index (χ0) is 14.8. The number of nitriles is 1. The quantitative estimate of drug-likeness (QED) is 0.836. The number of para-hydroxylation sites is 1. The Bertz CT molecular complexity index is 658. The molecular weight excluding hydrogens is 244 g/mol. The van der Waals surface area contributed by atoms with Crippen LogP contribution in [-0.2, 0) is 5.41 Å². The highest BCUT2D eigenvalue weighted by atomic mass is 14.9. The third-order valence-electron chi connectivity index (χ3n) is 3.30. The van der Waals surface area contributed by atoms with E-state index in [0.29, 0.717) is 5.56 Å². The number of hydrogen-bond donors (Lipinski definition) is 1. The average Bonchev–Trinajstić information content (AvgIpc) is 2.40. The third kappa shape index (κ3) is 3.00. The molecule has 0 bridgehead atoms. The van der Waals surface area contributed by atoms with Crippen molar-refractivity contribution in [1.82, 2.24) is 0 Å². The SMILES string of the molecule is Cc1ccc(Nc2ccccc2C(C)(C)C)c(C#N)c1. The highest BCUT2D eigenvalue weighted by Crippen LogP contribution is 2.32. The fraction of sp³-hybridized carbons (Fsp3) is 0.278. The van der Waals surface area contributed by atoms with Gasteiger partial charge in [0.2, 0.25) is 0 Å². The zero-order valence-electron chi connectivity index (χ0n) is 12.5. The molecule has 0 saturated heterocycles. The number of nitrogens with one attached hydrogen (secondary N) is 1. The number of benzene rings is 2. The fourth-order valence-corrected chi connectivity index (χ4v) is 2.25. The van der Waals surface area contributed by atoms with Crippen LogP contribution in [-0.4, -0.2) is 0 Å². The van der Waals surface area contributed by atoms with E-state index in [1.54, 1.807) is 0 Å². The van der Waals surface area contributed by atoms with E-state index in [2.05, 4.69) is 44.3 Å². The molecule has 0 atom stereocenters. The molecule has 0 unspecified atom stereocenters. The molecule has 2 aromatic carbocycles. The lowest BCUT2D eigenvalue weighted by Gasteiger charge is -2.23. The molecule has 102 valence electrons. The molecule has 0 fully saturated rings. The first-order valence-corrected chi connectivity index (χ1v) is 6.79. The molecule has 2 heteroatoms. The van der Waals surface area contributed by atoms with Crippen molar-refractivity contribution < 1.29 is 0 Å². The molecule has 1 N–H and O–H groups in total. The first-order chi connectivity index (χ1) is 9.41. The minimum atomic E-state index is 0.0566. The molecule has 0 aliphatic heterocycles. The van der Waals surface area contributed by atoms with Gasteiger partial charge in [0.15, 0.2) is 0 Å². The monoisotopic (exact) mass is 264 g/mol. The van der Waals surface area contributed by atoms with Crippen molar-refractivity contribution in [1.29, 1.82) is 5.26 Å². The van der Waals surface area contributed by atoms with Gasteiger partial charge in [0.25, 0.3) is 0 Å². The van der Waals surface area contributed by atoms with E-state index in [0.717, 1.165) is 16.9 Å². The van der Waals surface area contributed by atoms with Gasteiger partial charge in [0.1, 0.15) is 6.07 Å². The molecule has 2 aromatic rings. The Morgan fingerprint density at radius 2 is 1.70 bits per heavy atom. The van der Waals surface area contributed by atoms with E-state index in [9.17, 15) is 5.26 Å². The van der Waals surface area contributed by atoms with Gasteiger partial charge in [-0.25, -0.2) is 0 Å². The second kappa shape index (κ2) is 5.38. The maximum Gasteiger partial charge on any atom is 0.101 e. The Balaban J connectivity index is 2.44. The maximum absolute atomic E-state index is 9.26. The van der Waals surface area contributed by atoms with E-state index < -0.39 is 0 Å². The second-order valence-electron chi connectivity index (χ2n) is 6.08. The average molecular weight is 264 g/mol. The molecule has 0 aromatic heterocycles. The van der Waals surface area contributed by atoms with Crippen LogP contribution < -0.4 is 5.32 Å². The highest BCUT2D eigenvalue weighted by Gasteiger charge is 2.17. The number of nitrogens with zero attached hydrogens (tertiary/aromatic N) is 1. The summed E-state index contributed by atoms with van der Waals surface area (Å²) in [7, 11) is 0. The second-order valence-corrected chi connectivity index (χ2v) is 6.08. The highest BCUT2D eigenvalue weighted by molar-refractivity contribution is 5.69. The Kier molecular flexibility index (Phi) is 3.81. The lowest BCUT2D eigenvalue weighted by atomic mass is 9.85. The molecule has 0 amide bonds. The van der Waals surface area contributed by atoms with Crippen LogP contribution in [0, 0.1) is 18.3 Å². The van der Waals surface area contributed by atoms with Crippen LogP contribution in [0.3, 0.4) is 0 Å². The van der Waals surface area contributed by atoms with Gasteiger partial charge in [0.05, 0.1) is 11.3 Å². The summed E-state index contributed by atoms with van der Waals surface area (Å²) >= 11 is 0. The van der Waals surface area contributed by atoms with Crippen molar-refractivity contribution in [2.75, 3.05) is 5.32 Å². The van der Waals surface area contributed by atoms with Crippen LogP contribution in [0.2, 0.25) is 0 Å². The van der Waals surface area contributed by atoms with Crippen LogP contribution in [0.25, 0.3) is 0 Å². The zero-order valence-corrected chi connectivity index (χ0v) is 12.5. The number of aryl methyl sites for hydroxylation is 1. The van der Waals surface area contributed by atoms with Gasteiger partial charge >= 0.3 is 0 Å². The van der Waals surface area contributed by atoms with Crippen LogP contribution in [0.4, 0.5) is 11.4 Å². The lowest BCUT2D eigenvalue weighted by molar-refractivity contribution is 0.592. The van der Waals surface area contributed by atoms with E-state index in [1.165, 1.54) is 5.56 Å². The van der Waals surface area contributed by atoms with E-state index in [1.807, 2.05) is 37.3 Å². The Labute approximate surface area is 121 Å². The minimum absolute atomic E-state index is 0.0566. The smallest absolute Gasteiger partial charge is 0.101 e. The lowest BCUT2D eigenvalue weighted by Crippen LogP contribution is -2.13. The van der Waals surface area contributed by atoms with E-state index >= 15 is 0 Å². The van der Waals surface area contributed by atoms with Crippen molar-refractivity contribution in [3.63, 3.8) is 0 Å². The largest absolute Gasteiger partial charge is 0.354 e. The molecular formula is C18H20N2. The van der Waals surface area contributed by atoms with Crippen LogP contribution in [0.1, 0.15) is 37.5 Å². The Morgan fingerprint density at radius 1 is 1.00 bits per heavy atom. The summed E-state index contributed by atoms with van der Waals surface area (Å²) in [5.41, 5.74) is 4.98. The molecule has 0 heterocycles. The minimum Gasteiger partial charge on any atom is -0.354 e. The summed E-state index contributed by atoms with van der Waals surface area (Å²) in [6.07, 6.45) is 0. The third-order valence-corrected chi connectivity index (χ3v) is 3.30. The molecule has 0 saturated carbocycles. The van der Waals surface area contributed by atoms with Crippen molar-refractivity contribution in [3.05, 3.63) is 59.2 Å². The molecule has 2 nitrogen and oxygen atoms in total. The van der Waals surface area contributed by atoms with Crippen LogP contribution in [0.5, 0.6) is 0 Å². The standard InChI is InChI=1S/C18H20N2/c1-13-9-10-16(14(11-13)12-19)20-17-8-6-5-7-15(17)18(2,3)4/h5-11,20H,1-4H3. The molecule has 0 spiro atoms. The number of anilines is 2. The first kappa shape index (κ1) is 14.1. The predicted molar refractivity (Wildman–Crippen MR) is 84.3 cm³/mol. The molecule has 0 aliphatic carbocycles. The maximum atomic E-state index is 9.26. The van der Waals surface area contributed by atoms with Gasteiger partial charge in [-0.05, 0) is 41.7 Å². The summed E-state index contributed by atoms with van der Waals surface area (Å²) < 4.78 is 0. The van der Waals surface area contributed by atoms with Crippen molar-refractivity contribution >= 4 is 11.4 Å². The summed E-state index contributed by atoms with van der Waals surface area (Å²) in [5.74, 6) is 0. The number of rotatable bonds is 2. The number of hydrogen-bond acceptors (Lipinski definition) is 2. The van der Waals surface area contributed by atoms with Crippen molar-refractivity contribution in [2.24, 2.45) is 0 Å². The topological polar surface area (TPSA) is 35.8 Å². The fourth-order valence-electron chi connectivity index (χ4n) is 2.25. The Hall–Kier alpha value is -2.27. The van der Waals surface area contributed by atoms with E-state index in [-0.39, 0.29) is 5.41 Å². The van der Waals surface area contributed by atoms with Gasteiger partial charge in [-0.1, -0.05) is 45.0 Å². The van der Waals surface area contributed by atoms with Crippen molar-refractivity contribution in [2.45, 2.75) is 33.1 Å². The van der Waals surface area contributed by atoms with Gasteiger partial charge < -0.3 is 5.32 Å². The molecule has 0 aliphatic rings. The van der Waals surface area contributed by atoms with E-state index in [4.69, 9.17) is 0 Å². The molecule has 2 rings (SSSR count). The van der Waals surface area contributed by atoms with Crippen LogP contribution in [0.15, 0.2) is 42.5 Å². The summed E-state index contributed by atoms with van der Waals surface area (Å²) in [6, 6.07) is 16.4. The predicted octanol–water partition coefficient (Wildman–Crippen LogP) is 4.91. The first-order valence-electron chi connectivity index (χ1n) is 6.79. The summed E-state index contributed by atoms with van der Waals surface area (Å²) in [5, 5.41) is 12.7. The molecule has 20 heavy (non-hydrogen) atoms. The van der Waals surface area contributed by atoms with Crippen molar-refractivity contribution in [3.8, 4) is 6.07 Å². The van der Waals surface area contributed by atoms with Gasteiger partial charge in [-0.3, -0.25) is 0 Å². The van der Waals surface area contributed by atoms with Gasteiger partial charge in [-0.2, -0.15) is 5.26 Å². The molecule has 0 radical (unpaired) electrons. The van der Waals surface area contributed by atoms with Gasteiger partial charge in [0, 0.05) is 5.69 Å². The normalized spacial score (nSPS) is 10.9. The summed E-state index contributed by atoms with van der Waals surface area (Å²) in [4.78, 5) is 0. The summed E-state index contributed by atoms with van der Waals surface area (Å²) in [6.45, 7) is 8.56. The Morgan fingerprint density at radius 3 is 2.35 bits per heavy atom.